The summed E-state index contributed by atoms with van der Waals surface area (Å²) in [5, 5.41) is 0. The van der Waals surface area contributed by atoms with Gasteiger partial charge in [0.05, 0.1) is 6.61 Å². The van der Waals surface area contributed by atoms with E-state index in [0.717, 1.165) is 24.5 Å². The largest absolute Gasteiger partial charge is 0.493 e. The molecule has 78 valence electrons. The lowest BCUT2D eigenvalue weighted by Crippen LogP contribution is -2.13. The van der Waals surface area contributed by atoms with Gasteiger partial charge in [0.25, 0.3) is 0 Å². The Kier molecular flexibility index (Phi) is 4.88. The standard InChI is InChI=1S/C12H18OS/c1-3-11(9-14)8-13-12-7-5-4-6-10(12)2/h4-7,11,14H,3,8-9H2,1-2H3. The number of para-hydroxylation sites is 1. The molecule has 14 heavy (non-hydrogen) atoms. The molecule has 1 aromatic carbocycles. The molecule has 2 heteroatoms. The molecule has 0 saturated carbocycles. The lowest BCUT2D eigenvalue weighted by Gasteiger charge is -2.14. The summed E-state index contributed by atoms with van der Waals surface area (Å²) in [6.45, 7) is 5.00. The van der Waals surface area contributed by atoms with Crippen LogP contribution in [0.1, 0.15) is 18.9 Å². The maximum atomic E-state index is 5.73. The monoisotopic (exact) mass is 210 g/mol. The van der Waals surface area contributed by atoms with Crippen LogP contribution in [0.5, 0.6) is 5.75 Å². The molecule has 0 heterocycles. The summed E-state index contributed by atoms with van der Waals surface area (Å²) in [5.74, 6) is 2.44. The third kappa shape index (κ3) is 3.26. The summed E-state index contributed by atoms with van der Waals surface area (Å²) < 4.78 is 5.73. The van der Waals surface area contributed by atoms with E-state index in [-0.39, 0.29) is 0 Å². The number of rotatable bonds is 5. The molecule has 0 N–H and O–H groups in total. The molecule has 0 fully saturated rings. The second-order valence-corrected chi connectivity index (χ2v) is 3.90. The highest BCUT2D eigenvalue weighted by Crippen LogP contribution is 2.17. The second kappa shape index (κ2) is 5.97. The first kappa shape index (κ1) is 11.4. The van der Waals surface area contributed by atoms with Crippen molar-refractivity contribution in [2.24, 2.45) is 5.92 Å². The van der Waals surface area contributed by atoms with E-state index in [2.05, 4.69) is 32.5 Å². The first-order valence-electron chi connectivity index (χ1n) is 5.07. The van der Waals surface area contributed by atoms with Gasteiger partial charge in [0.15, 0.2) is 0 Å². The zero-order valence-corrected chi connectivity index (χ0v) is 9.76. The van der Waals surface area contributed by atoms with Crippen LogP contribution in [0.4, 0.5) is 0 Å². The molecule has 0 saturated heterocycles. The summed E-state index contributed by atoms with van der Waals surface area (Å²) in [6, 6.07) is 8.11. The van der Waals surface area contributed by atoms with Crippen LogP contribution in [0.2, 0.25) is 0 Å². The molecule has 1 nitrogen and oxygen atoms in total. The van der Waals surface area contributed by atoms with Crippen molar-refractivity contribution in [3.63, 3.8) is 0 Å². The van der Waals surface area contributed by atoms with E-state index in [1.165, 1.54) is 5.56 Å². The zero-order chi connectivity index (χ0) is 10.4. The molecule has 1 rings (SSSR count). The van der Waals surface area contributed by atoms with E-state index >= 15 is 0 Å². The van der Waals surface area contributed by atoms with Crippen molar-refractivity contribution in [2.75, 3.05) is 12.4 Å². The summed E-state index contributed by atoms with van der Waals surface area (Å²) in [7, 11) is 0. The molecule has 1 atom stereocenters. The smallest absolute Gasteiger partial charge is 0.122 e. The van der Waals surface area contributed by atoms with Gasteiger partial charge >= 0.3 is 0 Å². The lowest BCUT2D eigenvalue weighted by atomic mass is 10.1. The zero-order valence-electron chi connectivity index (χ0n) is 8.86. The molecule has 0 bridgehead atoms. The number of hydrogen-bond acceptors (Lipinski definition) is 2. The fourth-order valence-electron chi connectivity index (χ4n) is 1.23. The summed E-state index contributed by atoms with van der Waals surface area (Å²) in [5.41, 5.74) is 1.20. The average molecular weight is 210 g/mol. The van der Waals surface area contributed by atoms with Gasteiger partial charge < -0.3 is 4.74 Å². The quantitative estimate of drug-likeness (QED) is 0.733. The Morgan fingerprint density at radius 3 is 2.64 bits per heavy atom. The van der Waals surface area contributed by atoms with Crippen molar-refractivity contribution in [3.8, 4) is 5.75 Å². The normalized spacial score (nSPS) is 12.5. The molecule has 0 aliphatic rings. The Balaban J connectivity index is 2.49. The van der Waals surface area contributed by atoms with Crippen molar-refractivity contribution >= 4 is 12.6 Å². The number of thiol groups is 1. The van der Waals surface area contributed by atoms with Crippen LogP contribution < -0.4 is 4.74 Å². The van der Waals surface area contributed by atoms with Crippen molar-refractivity contribution in [1.82, 2.24) is 0 Å². The van der Waals surface area contributed by atoms with Crippen LogP contribution in [-0.2, 0) is 0 Å². The molecule has 1 unspecified atom stereocenters. The Morgan fingerprint density at radius 2 is 2.07 bits per heavy atom. The van der Waals surface area contributed by atoms with Gasteiger partial charge in [-0.25, -0.2) is 0 Å². The number of ether oxygens (including phenoxy) is 1. The van der Waals surface area contributed by atoms with Crippen LogP contribution >= 0.6 is 12.6 Å². The number of aryl methyl sites for hydroxylation is 1. The maximum absolute atomic E-state index is 5.73. The van der Waals surface area contributed by atoms with Gasteiger partial charge in [-0.05, 0) is 30.7 Å². The van der Waals surface area contributed by atoms with Gasteiger partial charge in [0.1, 0.15) is 5.75 Å². The van der Waals surface area contributed by atoms with Crippen LogP contribution in [0.25, 0.3) is 0 Å². The topological polar surface area (TPSA) is 9.23 Å². The van der Waals surface area contributed by atoms with Gasteiger partial charge in [0, 0.05) is 5.92 Å². The van der Waals surface area contributed by atoms with Crippen molar-refractivity contribution in [2.45, 2.75) is 20.3 Å². The Hall–Kier alpha value is -0.630. The van der Waals surface area contributed by atoms with Crippen LogP contribution in [0.15, 0.2) is 24.3 Å². The van der Waals surface area contributed by atoms with Gasteiger partial charge in [-0.1, -0.05) is 25.1 Å². The van der Waals surface area contributed by atoms with Crippen LogP contribution in [0.3, 0.4) is 0 Å². The highest BCUT2D eigenvalue weighted by Gasteiger charge is 2.05. The van der Waals surface area contributed by atoms with Gasteiger partial charge in [-0.2, -0.15) is 12.6 Å². The molecule has 0 radical (unpaired) electrons. The minimum Gasteiger partial charge on any atom is -0.493 e. The van der Waals surface area contributed by atoms with Crippen LogP contribution in [-0.4, -0.2) is 12.4 Å². The van der Waals surface area contributed by atoms with Gasteiger partial charge in [-0.15, -0.1) is 0 Å². The molecule has 0 aliphatic carbocycles. The average Bonchev–Trinajstić information content (AvgIpc) is 2.22. The number of hydrogen-bond donors (Lipinski definition) is 1. The molecule has 0 aromatic heterocycles. The first-order valence-corrected chi connectivity index (χ1v) is 5.70. The Bertz CT molecular complexity index is 269. The highest BCUT2D eigenvalue weighted by atomic mass is 32.1. The minimum absolute atomic E-state index is 0.554. The van der Waals surface area contributed by atoms with Crippen molar-refractivity contribution < 1.29 is 4.74 Å². The summed E-state index contributed by atoms with van der Waals surface area (Å²) in [6.07, 6.45) is 1.12. The Morgan fingerprint density at radius 1 is 1.36 bits per heavy atom. The van der Waals surface area contributed by atoms with E-state index in [4.69, 9.17) is 4.74 Å². The molecule has 1 aromatic rings. The van der Waals surface area contributed by atoms with Crippen molar-refractivity contribution in [3.05, 3.63) is 29.8 Å². The Labute approximate surface area is 91.9 Å². The molecule has 0 spiro atoms. The molecular formula is C12H18OS. The van der Waals surface area contributed by atoms with Gasteiger partial charge in [-0.3, -0.25) is 0 Å². The van der Waals surface area contributed by atoms with Gasteiger partial charge in [0.2, 0.25) is 0 Å². The van der Waals surface area contributed by atoms with E-state index in [1.807, 2.05) is 18.2 Å². The second-order valence-electron chi connectivity index (χ2n) is 3.53. The van der Waals surface area contributed by atoms with E-state index in [9.17, 15) is 0 Å². The fourth-order valence-corrected chi connectivity index (χ4v) is 1.59. The minimum atomic E-state index is 0.554. The maximum Gasteiger partial charge on any atom is 0.122 e. The molecular weight excluding hydrogens is 192 g/mol. The predicted octanol–water partition coefficient (Wildman–Crippen LogP) is 3.33. The number of benzene rings is 1. The SMILES string of the molecule is CCC(CS)COc1ccccc1C. The third-order valence-corrected chi connectivity index (χ3v) is 2.92. The van der Waals surface area contributed by atoms with E-state index in [1.54, 1.807) is 0 Å². The predicted molar refractivity (Wildman–Crippen MR) is 64.3 cm³/mol. The lowest BCUT2D eigenvalue weighted by molar-refractivity contribution is 0.258. The summed E-state index contributed by atoms with van der Waals surface area (Å²) >= 11 is 4.29. The summed E-state index contributed by atoms with van der Waals surface area (Å²) in [4.78, 5) is 0. The van der Waals surface area contributed by atoms with E-state index in [0.29, 0.717) is 5.92 Å². The first-order chi connectivity index (χ1) is 6.77. The fraction of sp³-hybridized carbons (Fsp3) is 0.500. The third-order valence-electron chi connectivity index (χ3n) is 2.40. The van der Waals surface area contributed by atoms with E-state index < -0.39 is 0 Å². The molecule has 0 aliphatic heterocycles. The molecule has 0 amide bonds. The van der Waals surface area contributed by atoms with Crippen LogP contribution in [0, 0.1) is 12.8 Å². The highest BCUT2D eigenvalue weighted by molar-refractivity contribution is 7.80. The van der Waals surface area contributed by atoms with Crippen molar-refractivity contribution in [1.29, 1.82) is 0 Å².